The molecule has 1 atom stereocenters. The number of nitrogens with two attached hydrogens (primary N) is 1. The Labute approximate surface area is 194 Å². The van der Waals surface area contributed by atoms with Crippen LogP contribution in [0.2, 0.25) is 0 Å². The highest BCUT2D eigenvalue weighted by molar-refractivity contribution is 9.11. The van der Waals surface area contributed by atoms with Crippen molar-refractivity contribution in [3.63, 3.8) is 0 Å². The van der Waals surface area contributed by atoms with E-state index in [1.54, 1.807) is 28.0 Å². The Kier molecular flexibility index (Phi) is 7.85. The van der Waals surface area contributed by atoms with E-state index in [0.717, 1.165) is 21.5 Å². The molecule has 0 saturated carbocycles. The van der Waals surface area contributed by atoms with E-state index in [1.165, 1.54) is 11.3 Å². The lowest BCUT2D eigenvalue weighted by Crippen LogP contribution is -2.36. The molecule has 0 aliphatic carbocycles. The van der Waals surface area contributed by atoms with Gasteiger partial charge in [0, 0.05) is 37.3 Å². The molecule has 3 N–H and O–H groups in total. The zero-order chi connectivity index (χ0) is 22.5. The minimum Gasteiger partial charge on any atom is -0.346 e. The summed E-state index contributed by atoms with van der Waals surface area (Å²) in [5.41, 5.74) is 7.76. The maximum Gasteiger partial charge on any atom is 0.261 e. The quantitative estimate of drug-likeness (QED) is 0.574. The highest BCUT2D eigenvalue weighted by Gasteiger charge is 2.32. The van der Waals surface area contributed by atoms with Gasteiger partial charge in [0.1, 0.15) is 0 Å². The topological polar surface area (TPSA) is 95.7 Å². The second kappa shape index (κ2) is 10.4. The van der Waals surface area contributed by atoms with Gasteiger partial charge in [0.25, 0.3) is 11.8 Å². The summed E-state index contributed by atoms with van der Waals surface area (Å²) in [7, 11) is 0. The summed E-state index contributed by atoms with van der Waals surface area (Å²) in [4.78, 5) is 41.9. The summed E-state index contributed by atoms with van der Waals surface area (Å²) in [6.45, 7) is 6.01. The van der Waals surface area contributed by atoms with Crippen LogP contribution in [-0.2, 0) is 4.79 Å². The number of hydrogen-bond acceptors (Lipinski definition) is 5. The van der Waals surface area contributed by atoms with E-state index in [1.807, 2.05) is 26.0 Å². The van der Waals surface area contributed by atoms with E-state index in [-0.39, 0.29) is 30.2 Å². The van der Waals surface area contributed by atoms with Gasteiger partial charge in [0.2, 0.25) is 5.91 Å². The normalized spacial score (nSPS) is 15.9. The number of anilines is 1. The number of carbonyl (C=O) groups is 3. The Morgan fingerprint density at radius 1 is 1.32 bits per heavy atom. The van der Waals surface area contributed by atoms with Gasteiger partial charge < -0.3 is 20.9 Å². The highest BCUT2D eigenvalue weighted by atomic mass is 79.9. The second-order valence-electron chi connectivity index (χ2n) is 7.51. The summed E-state index contributed by atoms with van der Waals surface area (Å²) in [5.74, 6) is -0.251. The largest absolute Gasteiger partial charge is 0.346 e. The Bertz CT molecular complexity index is 977. The molecule has 1 aliphatic rings. The number of nitrogens with zero attached hydrogens (tertiary/aromatic N) is 2. The maximum atomic E-state index is 12.9. The van der Waals surface area contributed by atoms with Crippen LogP contribution in [-0.4, -0.2) is 54.8 Å². The standard InChI is InChI=1S/C22H27BrN4O3S/c1-3-26(10-4-9-24)22(30)17-6-5-16(11-14(17)2)27-13-15(12-20(27)28)25-21(29)18-7-8-19(23)31-18/h5-8,11,15H,3-4,9-10,12-13,24H2,1-2H3,(H,25,29). The number of nitrogens with one attached hydrogen (secondary N) is 1. The van der Waals surface area contributed by atoms with E-state index >= 15 is 0 Å². The van der Waals surface area contributed by atoms with Crippen molar-refractivity contribution >= 4 is 50.7 Å². The van der Waals surface area contributed by atoms with Crippen LogP contribution in [0.1, 0.15) is 45.4 Å². The Morgan fingerprint density at radius 3 is 2.71 bits per heavy atom. The fourth-order valence-corrected chi connectivity index (χ4v) is 4.95. The predicted octanol–water partition coefficient (Wildman–Crippen LogP) is 3.17. The minimum absolute atomic E-state index is 0.0278. The molecule has 7 nitrogen and oxygen atoms in total. The number of amides is 3. The molecule has 9 heteroatoms. The first-order valence-electron chi connectivity index (χ1n) is 10.3. The van der Waals surface area contributed by atoms with Gasteiger partial charge in [0.05, 0.1) is 14.7 Å². The zero-order valence-corrected chi connectivity index (χ0v) is 20.1. The number of hydrogen-bond donors (Lipinski definition) is 2. The number of aryl methyl sites for hydroxylation is 1. The molecule has 1 aromatic carbocycles. The zero-order valence-electron chi connectivity index (χ0n) is 17.7. The van der Waals surface area contributed by atoms with Gasteiger partial charge in [-0.05, 0) is 78.6 Å². The van der Waals surface area contributed by atoms with Crippen molar-refractivity contribution in [2.75, 3.05) is 31.1 Å². The van der Waals surface area contributed by atoms with Crippen molar-refractivity contribution in [1.82, 2.24) is 10.2 Å². The summed E-state index contributed by atoms with van der Waals surface area (Å²) in [6.07, 6.45) is 1.01. The summed E-state index contributed by atoms with van der Waals surface area (Å²) >= 11 is 4.71. The maximum absolute atomic E-state index is 12.9. The van der Waals surface area contributed by atoms with E-state index in [4.69, 9.17) is 5.73 Å². The molecular weight excluding hydrogens is 480 g/mol. The molecule has 1 saturated heterocycles. The van der Waals surface area contributed by atoms with Crippen molar-refractivity contribution in [2.24, 2.45) is 5.73 Å². The Morgan fingerprint density at radius 2 is 2.10 bits per heavy atom. The molecule has 3 rings (SSSR count). The number of thiophene rings is 1. The van der Waals surface area contributed by atoms with Crippen molar-refractivity contribution in [2.45, 2.75) is 32.7 Å². The third-order valence-electron chi connectivity index (χ3n) is 5.31. The van der Waals surface area contributed by atoms with Crippen LogP contribution in [0.4, 0.5) is 5.69 Å². The average molecular weight is 507 g/mol. The van der Waals surface area contributed by atoms with E-state index < -0.39 is 0 Å². The van der Waals surface area contributed by atoms with Crippen molar-refractivity contribution < 1.29 is 14.4 Å². The van der Waals surface area contributed by atoms with Gasteiger partial charge in [0.15, 0.2) is 0 Å². The third kappa shape index (κ3) is 5.53. The summed E-state index contributed by atoms with van der Waals surface area (Å²) < 4.78 is 0.886. The fraction of sp³-hybridized carbons (Fsp3) is 0.409. The van der Waals surface area contributed by atoms with Crippen LogP contribution in [0.15, 0.2) is 34.1 Å². The molecule has 0 spiro atoms. The third-order valence-corrected chi connectivity index (χ3v) is 6.93. The van der Waals surface area contributed by atoms with Crippen molar-refractivity contribution in [1.29, 1.82) is 0 Å². The van der Waals surface area contributed by atoms with E-state index in [2.05, 4.69) is 21.2 Å². The lowest BCUT2D eigenvalue weighted by Gasteiger charge is -2.23. The lowest BCUT2D eigenvalue weighted by atomic mass is 10.1. The first kappa shape index (κ1) is 23.4. The predicted molar refractivity (Wildman–Crippen MR) is 127 cm³/mol. The van der Waals surface area contributed by atoms with Gasteiger partial charge in [-0.3, -0.25) is 14.4 Å². The summed E-state index contributed by atoms with van der Waals surface area (Å²) in [5, 5.41) is 2.94. The molecular formula is C22H27BrN4O3S. The second-order valence-corrected chi connectivity index (χ2v) is 9.97. The van der Waals surface area contributed by atoms with Gasteiger partial charge in [-0.15, -0.1) is 11.3 Å². The summed E-state index contributed by atoms with van der Waals surface area (Å²) in [6, 6.07) is 8.77. The van der Waals surface area contributed by atoms with Gasteiger partial charge in [-0.2, -0.15) is 0 Å². The van der Waals surface area contributed by atoms with Crippen molar-refractivity contribution in [3.05, 3.63) is 50.1 Å². The van der Waals surface area contributed by atoms with Crippen LogP contribution in [0.25, 0.3) is 0 Å². The monoisotopic (exact) mass is 506 g/mol. The van der Waals surface area contributed by atoms with Crippen LogP contribution in [0.3, 0.4) is 0 Å². The average Bonchev–Trinajstić information content (AvgIpc) is 3.33. The number of halogens is 1. The lowest BCUT2D eigenvalue weighted by molar-refractivity contribution is -0.117. The van der Waals surface area contributed by atoms with Crippen molar-refractivity contribution in [3.8, 4) is 0 Å². The highest BCUT2D eigenvalue weighted by Crippen LogP contribution is 2.26. The molecule has 2 heterocycles. The molecule has 1 fully saturated rings. The van der Waals surface area contributed by atoms with E-state index in [0.29, 0.717) is 36.6 Å². The van der Waals surface area contributed by atoms with E-state index in [9.17, 15) is 14.4 Å². The molecule has 166 valence electrons. The molecule has 31 heavy (non-hydrogen) atoms. The molecule has 0 bridgehead atoms. The van der Waals surface area contributed by atoms with Gasteiger partial charge in [-0.25, -0.2) is 0 Å². The minimum atomic E-state index is -0.255. The molecule has 1 aromatic heterocycles. The first-order valence-corrected chi connectivity index (χ1v) is 11.9. The van der Waals surface area contributed by atoms with Gasteiger partial charge in [-0.1, -0.05) is 0 Å². The number of benzene rings is 1. The smallest absolute Gasteiger partial charge is 0.261 e. The SMILES string of the molecule is CCN(CCCN)C(=O)c1ccc(N2CC(NC(=O)c3ccc(Br)s3)CC2=O)cc1C. The van der Waals surface area contributed by atoms with Crippen LogP contribution >= 0.6 is 27.3 Å². The fourth-order valence-electron chi connectivity index (χ4n) is 3.66. The molecule has 1 aliphatic heterocycles. The molecule has 1 unspecified atom stereocenters. The number of carbonyl (C=O) groups excluding carboxylic acids is 3. The molecule has 3 amide bonds. The number of rotatable bonds is 8. The Balaban J connectivity index is 1.68. The molecule has 0 radical (unpaired) electrons. The van der Waals surface area contributed by atoms with Crippen LogP contribution < -0.4 is 16.0 Å². The van der Waals surface area contributed by atoms with Gasteiger partial charge >= 0.3 is 0 Å². The Hall–Kier alpha value is -2.23. The van der Waals surface area contributed by atoms with Crippen LogP contribution in [0, 0.1) is 6.92 Å². The first-order chi connectivity index (χ1) is 14.8. The van der Waals surface area contributed by atoms with Crippen LogP contribution in [0.5, 0.6) is 0 Å². The molecule has 2 aromatic rings.